The Morgan fingerprint density at radius 3 is 2.85 bits per heavy atom. The number of pyridine rings is 1. The summed E-state index contributed by atoms with van der Waals surface area (Å²) in [6.07, 6.45) is 3.62. The van der Waals surface area contributed by atoms with E-state index in [1.54, 1.807) is 13.3 Å². The van der Waals surface area contributed by atoms with Crippen LogP contribution in [0.25, 0.3) is 28.1 Å². The molecule has 1 amide bonds. The number of amides is 1. The van der Waals surface area contributed by atoms with Gasteiger partial charge >= 0.3 is 0 Å². The van der Waals surface area contributed by atoms with E-state index in [4.69, 9.17) is 17.0 Å². The van der Waals surface area contributed by atoms with Crippen LogP contribution in [0.5, 0.6) is 5.75 Å². The third-order valence-electron chi connectivity index (χ3n) is 4.08. The lowest BCUT2D eigenvalue weighted by Gasteiger charge is -2.11. The summed E-state index contributed by atoms with van der Waals surface area (Å²) >= 11 is 6.31. The minimum atomic E-state index is -0.158. The van der Waals surface area contributed by atoms with E-state index in [1.807, 2.05) is 48.5 Å². The third kappa shape index (κ3) is 3.21. The Kier molecular flexibility index (Phi) is 4.44. The molecule has 6 heteroatoms. The zero-order valence-electron chi connectivity index (χ0n) is 13.9. The molecule has 1 fully saturated rings. The highest BCUT2D eigenvalue weighted by Gasteiger charge is 2.22. The van der Waals surface area contributed by atoms with Gasteiger partial charge in [-0.05, 0) is 47.5 Å². The van der Waals surface area contributed by atoms with Crippen LogP contribution in [0.15, 0.2) is 59.6 Å². The largest absolute Gasteiger partial charge is 0.496 e. The number of carbonyl (C=O) groups is 1. The lowest BCUT2D eigenvalue weighted by molar-refractivity contribution is -0.115. The van der Waals surface area contributed by atoms with Gasteiger partial charge in [0.05, 0.1) is 17.5 Å². The Labute approximate surface area is 160 Å². The van der Waals surface area contributed by atoms with E-state index in [2.05, 4.69) is 16.4 Å². The summed E-state index contributed by atoms with van der Waals surface area (Å²) in [5.74, 6) is 0.614. The molecule has 1 aliphatic heterocycles. The van der Waals surface area contributed by atoms with Crippen molar-refractivity contribution in [2.75, 3.05) is 7.11 Å². The number of thiocarbonyl (C=S) groups is 1. The fraction of sp³-hybridized carbons (Fsp3) is 0.0500. The number of rotatable bonds is 3. The van der Waals surface area contributed by atoms with E-state index >= 15 is 0 Å². The molecular formula is C20H14N2O2S2. The van der Waals surface area contributed by atoms with Crippen LogP contribution in [0.1, 0.15) is 5.56 Å². The molecule has 0 atom stereocenters. The Morgan fingerprint density at radius 1 is 1.19 bits per heavy atom. The molecule has 0 bridgehead atoms. The van der Waals surface area contributed by atoms with E-state index in [0.717, 1.165) is 33.3 Å². The number of fused-ring (bicyclic) bond motifs is 1. The van der Waals surface area contributed by atoms with Crippen LogP contribution in [0.4, 0.5) is 0 Å². The quantitative estimate of drug-likeness (QED) is 0.541. The molecule has 0 spiro atoms. The molecule has 0 unspecified atom stereocenters. The van der Waals surface area contributed by atoms with Gasteiger partial charge in [-0.3, -0.25) is 9.78 Å². The molecule has 26 heavy (non-hydrogen) atoms. The minimum absolute atomic E-state index is 0.158. The second-order valence-electron chi connectivity index (χ2n) is 5.72. The van der Waals surface area contributed by atoms with Crippen molar-refractivity contribution in [1.29, 1.82) is 0 Å². The number of benzene rings is 2. The van der Waals surface area contributed by atoms with Crippen molar-refractivity contribution in [3.8, 4) is 16.9 Å². The molecule has 3 aromatic rings. The minimum Gasteiger partial charge on any atom is -0.496 e. The molecule has 1 aliphatic rings. The fourth-order valence-electron chi connectivity index (χ4n) is 2.86. The van der Waals surface area contributed by atoms with E-state index in [-0.39, 0.29) is 5.91 Å². The van der Waals surface area contributed by atoms with E-state index in [1.165, 1.54) is 11.8 Å². The number of ether oxygens (including phenoxy) is 1. The number of methoxy groups -OCH3 is 1. The monoisotopic (exact) mass is 378 g/mol. The van der Waals surface area contributed by atoms with Crippen LogP contribution in [-0.2, 0) is 4.79 Å². The lowest BCUT2D eigenvalue weighted by Crippen LogP contribution is -2.17. The van der Waals surface area contributed by atoms with Crippen molar-refractivity contribution in [2.24, 2.45) is 0 Å². The topological polar surface area (TPSA) is 51.2 Å². The smallest absolute Gasteiger partial charge is 0.263 e. The Hall–Kier alpha value is -2.70. The predicted octanol–water partition coefficient (Wildman–Crippen LogP) is 4.40. The first-order valence-corrected chi connectivity index (χ1v) is 9.14. The van der Waals surface area contributed by atoms with Gasteiger partial charge in [-0.2, -0.15) is 0 Å². The molecule has 128 valence electrons. The summed E-state index contributed by atoms with van der Waals surface area (Å²) < 4.78 is 6.02. The van der Waals surface area contributed by atoms with Crippen molar-refractivity contribution in [3.63, 3.8) is 0 Å². The molecule has 4 nitrogen and oxygen atoms in total. The van der Waals surface area contributed by atoms with Gasteiger partial charge in [0.2, 0.25) is 0 Å². The van der Waals surface area contributed by atoms with Gasteiger partial charge in [0.15, 0.2) is 0 Å². The molecule has 1 saturated heterocycles. The Morgan fingerprint density at radius 2 is 2.08 bits per heavy atom. The van der Waals surface area contributed by atoms with Crippen LogP contribution in [-0.4, -0.2) is 22.3 Å². The Bertz CT molecular complexity index is 1080. The molecule has 1 aromatic heterocycles. The number of carbonyl (C=O) groups excluding carboxylic acids is 1. The fourth-order valence-corrected chi connectivity index (χ4v) is 3.90. The van der Waals surface area contributed by atoms with Gasteiger partial charge in [-0.15, -0.1) is 0 Å². The van der Waals surface area contributed by atoms with Crippen LogP contribution in [0.2, 0.25) is 0 Å². The third-order valence-corrected chi connectivity index (χ3v) is 5.24. The number of hydrogen-bond acceptors (Lipinski definition) is 5. The first-order valence-electron chi connectivity index (χ1n) is 7.92. The van der Waals surface area contributed by atoms with Crippen LogP contribution < -0.4 is 10.1 Å². The molecule has 2 heterocycles. The average molecular weight is 378 g/mol. The summed E-state index contributed by atoms with van der Waals surface area (Å²) in [7, 11) is 1.65. The van der Waals surface area contributed by atoms with Crippen LogP contribution >= 0.6 is 24.0 Å². The zero-order chi connectivity index (χ0) is 18.1. The van der Waals surface area contributed by atoms with Crippen molar-refractivity contribution in [2.45, 2.75) is 0 Å². The summed E-state index contributed by atoms with van der Waals surface area (Å²) in [5, 5.41) is 3.69. The van der Waals surface area contributed by atoms with E-state index in [0.29, 0.717) is 9.23 Å². The first-order chi connectivity index (χ1) is 12.6. The van der Waals surface area contributed by atoms with Crippen molar-refractivity contribution >= 4 is 51.2 Å². The van der Waals surface area contributed by atoms with Crippen molar-refractivity contribution in [3.05, 3.63) is 65.2 Å². The lowest BCUT2D eigenvalue weighted by atomic mass is 10.00. The van der Waals surface area contributed by atoms with Gasteiger partial charge in [0.1, 0.15) is 10.1 Å². The summed E-state index contributed by atoms with van der Waals surface area (Å²) in [6, 6.07) is 15.9. The Balaban J connectivity index is 1.80. The standard InChI is InChI=1S/C20H14N2O2S2/c1-24-17-7-4-12(10-18-19(23)22-20(25)26-18)9-15(17)13-5-6-16-14(11-13)3-2-8-21-16/h2-11H,1H3,(H,22,23,25)/b18-10-. The second-order valence-corrected chi connectivity index (χ2v) is 7.44. The van der Waals surface area contributed by atoms with Gasteiger partial charge in [0.25, 0.3) is 5.91 Å². The van der Waals surface area contributed by atoms with Crippen LogP contribution in [0.3, 0.4) is 0 Å². The first kappa shape index (κ1) is 16.8. The number of thioether (sulfide) groups is 1. The highest BCUT2D eigenvalue weighted by atomic mass is 32.2. The van der Waals surface area contributed by atoms with Gasteiger partial charge in [0, 0.05) is 17.1 Å². The number of aromatic nitrogens is 1. The summed E-state index contributed by atoms with van der Waals surface area (Å²) in [4.78, 5) is 16.8. The van der Waals surface area contributed by atoms with Gasteiger partial charge in [-0.1, -0.05) is 42.2 Å². The van der Waals surface area contributed by atoms with Gasteiger partial charge in [-0.25, -0.2) is 0 Å². The summed E-state index contributed by atoms with van der Waals surface area (Å²) in [6.45, 7) is 0. The molecule has 1 N–H and O–H groups in total. The normalized spacial score (nSPS) is 15.5. The maximum Gasteiger partial charge on any atom is 0.263 e. The van der Waals surface area contributed by atoms with Gasteiger partial charge < -0.3 is 10.1 Å². The second kappa shape index (κ2) is 6.90. The zero-order valence-corrected chi connectivity index (χ0v) is 15.5. The predicted molar refractivity (Wildman–Crippen MR) is 110 cm³/mol. The van der Waals surface area contributed by atoms with Crippen molar-refractivity contribution in [1.82, 2.24) is 10.3 Å². The SMILES string of the molecule is COc1ccc(/C=C2\SC(=S)NC2=O)cc1-c1ccc2ncccc2c1. The highest BCUT2D eigenvalue weighted by molar-refractivity contribution is 8.26. The molecule has 0 saturated carbocycles. The number of nitrogens with zero attached hydrogens (tertiary/aromatic N) is 1. The summed E-state index contributed by atoms with van der Waals surface area (Å²) in [5.41, 5.74) is 3.84. The highest BCUT2D eigenvalue weighted by Crippen LogP contribution is 2.34. The molecular weight excluding hydrogens is 364 g/mol. The van der Waals surface area contributed by atoms with E-state index in [9.17, 15) is 4.79 Å². The molecule has 0 aliphatic carbocycles. The van der Waals surface area contributed by atoms with E-state index < -0.39 is 0 Å². The number of nitrogens with one attached hydrogen (secondary N) is 1. The molecule has 2 aromatic carbocycles. The maximum atomic E-state index is 11.9. The van der Waals surface area contributed by atoms with Crippen molar-refractivity contribution < 1.29 is 9.53 Å². The van der Waals surface area contributed by atoms with Crippen LogP contribution in [0, 0.1) is 0 Å². The maximum absolute atomic E-state index is 11.9. The number of hydrogen-bond donors (Lipinski definition) is 1. The molecule has 4 rings (SSSR count). The average Bonchev–Trinajstić information content (AvgIpc) is 2.98. The molecule has 0 radical (unpaired) electrons.